The standard InChI is InChI=1S/C29H27NO3/c31-29(25-16-9-17-26(21-25)33-22-24-13-5-2-6-14-24)30-27-18-7-8-19-28(27)32-20-10-15-23-11-3-1-4-12-23/h1-9,11-14,16-19,21H,10,15,20,22H2,(H,30,31). The van der Waals surface area contributed by atoms with Crippen LogP contribution in [0.25, 0.3) is 0 Å². The topological polar surface area (TPSA) is 47.6 Å². The Labute approximate surface area is 194 Å². The molecule has 0 unspecified atom stereocenters. The first-order valence-electron chi connectivity index (χ1n) is 11.1. The lowest BCUT2D eigenvalue weighted by atomic mass is 10.1. The van der Waals surface area contributed by atoms with Crippen LogP contribution < -0.4 is 14.8 Å². The maximum atomic E-state index is 12.9. The lowest BCUT2D eigenvalue weighted by Crippen LogP contribution is -2.13. The van der Waals surface area contributed by atoms with Gasteiger partial charge in [-0.2, -0.15) is 0 Å². The minimum Gasteiger partial charge on any atom is -0.491 e. The summed E-state index contributed by atoms with van der Waals surface area (Å²) < 4.78 is 11.8. The van der Waals surface area contributed by atoms with Crippen LogP contribution in [-0.4, -0.2) is 12.5 Å². The Kier molecular flexibility index (Phi) is 7.74. The zero-order valence-corrected chi connectivity index (χ0v) is 18.4. The fourth-order valence-electron chi connectivity index (χ4n) is 3.46. The van der Waals surface area contributed by atoms with Gasteiger partial charge in [0.05, 0.1) is 12.3 Å². The van der Waals surface area contributed by atoms with Gasteiger partial charge in [0.1, 0.15) is 18.1 Å². The summed E-state index contributed by atoms with van der Waals surface area (Å²) in [6, 6.07) is 35.0. The Morgan fingerprint density at radius 1 is 0.697 bits per heavy atom. The predicted octanol–water partition coefficient (Wildman–Crippen LogP) is 6.53. The first-order valence-corrected chi connectivity index (χ1v) is 11.1. The third-order valence-corrected chi connectivity index (χ3v) is 5.19. The second kappa shape index (κ2) is 11.5. The van der Waals surface area contributed by atoms with E-state index in [9.17, 15) is 4.79 Å². The summed E-state index contributed by atoms with van der Waals surface area (Å²) in [5.41, 5.74) is 3.54. The Morgan fingerprint density at radius 3 is 2.18 bits per heavy atom. The molecule has 4 aromatic rings. The summed E-state index contributed by atoms with van der Waals surface area (Å²) in [5.74, 6) is 1.10. The Bertz CT molecular complexity index is 1160. The largest absolute Gasteiger partial charge is 0.491 e. The third kappa shape index (κ3) is 6.71. The normalized spacial score (nSPS) is 10.4. The van der Waals surface area contributed by atoms with Gasteiger partial charge in [0, 0.05) is 5.56 Å². The van der Waals surface area contributed by atoms with E-state index in [2.05, 4.69) is 17.4 Å². The van der Waals surface area contributed by atoms with Gasteiger partial charge < -0.3 is 14.8 Å². The fraction of sp³-hybridized carbons (Fsp3) is 0.138. The van der Waals surface area contributed by atoms with Gasteiger partial charge in [-0.05, 0) is 54.3 Å². The first kappa shape index (κ1) is 22.2. The molecule has 0 saturated carbocycles. The minimum absolute atomic E-state index is 0.208. The molecule has 0 heterocycles. The minimum atomic E-state index is -0.208. The SMILES string of the molecule is O=C(Nc1ccccc1OCCCc1ccccc1)c1cccc(OCc2ccccc2)c1. The van der Waals surface area contributed by atoms with Gasteiger partial charge in [0.2, 0.25) is 0 Å². The summed E-state index contributed by atoms with van der Waals surface area (Å²) in [5, 5.41) is 2.97. The van der Waals surface area contributed by atoms with Gasteiger partial charge in [0.25, 0.3) is 5.91 Å². The van der Waals surface area contributed by atoms with E-state index in [1.54, 1.807) is 12.1 Å². The Balaban J connectivity index is 1.33. The molecule has 33 heavy (non-hydrogen) atoms. The van der Waals surface area contributed by atoms with Crippen LogP contribution in [0.1, 0.15) is 27.9 Å². The highest BCUT2D eigenvalue weighted by molar-refractivity contribution is 6.05. The van der Waals surface area contributed by atoms with E-state index in [0.717, 1.165) is 18.4 Å². The molecule has 4 aromatic carbocycles. The van der Waals surface area contributed by atoms with Crippen molar-refractivity contribution in [3.05, 3.63) is 126 Å². The van der Waals surface area contributed by atoms with Crippen LogP contribution in [0.5, 0.6) is 11.5 Å². The predicted molar refractivity (Wildman–Crippen MR) is 132 cm³/mol. The molecule has 0 bridgehead atoms. The van der Waals surface area contributed by atoms with Crippen molar-refractivity contribution in [2.75, 3.05) is 11.9 Å². The molecular formula is C29H27NO3. The quantitative estimate of drug-likeness (QED) is 0.287. The molecular weight excluding hydrogens is 410 g/mol. The first-order chi connectivity index (χ1) is 16.3. The number of nitrogens with one attached hydrogen (secondary N) is 1. The molecule has 0 aliphatic carbocycles. The number of rotatable bonds is 10. The van der Waals surface area contributed by atoms with Gasteiger partial charge >= 0.3 is 0 Å². The lowest BCUT2D eigenvalue weighted by molar-refractivity contribution is 0.102. The molecule has 166 valence electrons. The van der Waals surface area contributed by atoms with E-state index < -0.39 is 0 Å². The van der Waals surface area contributed by atoms with E-state index in [-0.39, 0.29) is 5.91 Å². The molecule has 4 heteroatoms. The number of amides is 1. The average molecular weight is 438 g/mol. The van der Waals surface area contributed by atoms with Crippen molar-refractivity contribution >= 4 is 11.6 Å². The van der Waals surface area contributed by atoms with Crippen molar-refractivity contribution in [2.24, 2.45) is 0 Å². The zero-order valence-electron chi connectivity index (χ0n) is 18.4. The van der Waals surface area contributed by atoms with Crippen LogP contribution in [0, 0.1) is 0 Å². The number of hydrogen-bond donors (Lipinski definition) is 1. The van der Waals surface area contributed by atoms with Crippen LogP contribution in [0.3, 0.4) is 0 Å². The Hall–Kier alpha value is -4.05. The number of ether oxygens (including phenoxy) is 2. The van der Waals surface area contributed by atoms with E-state index in [4.69, 9.17) is 9.47 Å². The summed E-state index contributed by atoms with van der Waals surface area (Å²) in [6.07, 6.45) is 1.85. The molecule has 1 N–H and O–H groups in total. The van der Waals surface area contributed by atoms with E-state index in [0.29, 0.717) is 36.0 Å². The average Bonchev–Trinajstić information content (AvgIpc) is 2.88. The smallest absolute Gasteiger partial charge is 0.255 e. The lowest BCUT2D eigenvalue weighted by Gasteiger charge is -2.13. The molecule has 0 aliphatic rings. The molecule has 0 saturated heterocycles. The van der Waals surface area contributed by atoms with Crippen molar-refractivity contribution < 1.29 is 14.3 Å². The summed E-state index contributed by atoms with van der Waals surface area (Å²) in [6.45, 7) is 1.02. The summed E-state index contributed by atoms with van der Waals surface area (Å²) in [7, 11) is 0. The van der Waals surface area contributed by atoms with Crippen molar-refractivity contribution in [2.45, 2.75) is 19.4 Å². The van der Waals surface area contributed by atoms with Gasteiger partial charge in [0.15, 0.2) is 0 Å². The number of hydrogen-bond acceptors (Lipinski definition) is 3. The number of anilines is 1. The van der Waals surface area contributed by atoms with Crippen molar-refractivity contribution in [1.29, 1.82) is 0 Å². The molecule has 1 amide bonds. The van der Waals surface area contributed by atoms with Crippen LogP contribution in [0.15, 0.2) is 109 Å². The Morgan fingerprint density at radius 2 is 1.39 bits per heavy atom. The maximum absolute atomic E-state index is 12.9. The molecule has 0 aliphatic heterocycles. The number of aryl methyl sites for hydroxylation is 1. The number of carbonyl (C=O) groups excluding carboxylic acids is 1. The van der Waals surface area contributed by atoms with Crippen LogP contribution in [-0.2, 0) is 13.0 Å². The molecule has 0 spiro atoms. The van der Waals surface area contributed by atoms with E-state index >= 15 is 0 Å². The fourth-order valence-corrected chi connectivity index (χ4v) is 3.46. The highest BCUT2D eigenvalue weighted by atomic mass is 16.5. The molecule has 4 nitrogen and oxygen atoms in total. The summed E-state index contributed by atoms with van der Waals surface area (Å²) >= 11 is 0. The van der Waals surface area contributed by atoms with Crippen LogP contribution in [0.4, 0.5) is 5.69 Å². The second-order valence-electron chi connectivity index (χ2n) is 7.69. The number of carbonyl (C=O) groups is 1. The van der Waals surface area contributed by atoms with Crippen LogP contribution in [0.2, 0.25) is 0 Å². The number of benzene rings is 4. The second-order valence-corrected chi connectivity index (χ2v) is 7.69. The molecule has 0 radical (unpaired) electrons. The highest BCUT2D eigenvalue weighted by Gasteiger charge is 2.11. The van der Waals surface area contributed by atoms with Crippen LogP contribution >= 0.6 is 0 Å². The van der Waals surface area contributed by atoms with Crippen molar-refractivity contribution in [3.63, 3.8) is 0 Å². The zero-order chi connectivity index (χ0) is 22.7. The van der Waals surface area contributed by atoms with Gasteiger partial charge in [-0.25, -0.2) is 0 Å². The van der Waals surface area contributed by atoms with Crippen molar-refractivity contribution in [1.82, 2.24) is 0 Å². The van der Waals surface area contributed by atoms with Crippen molar-refractivity contribution in [3.8, 4) is 11.5 Å². The van der Waals surface area contributed by atoms with Gasteiger partial charge in [-0.1, -0.05) is 78.9 Å². The highest BCUT2D eigenvalue weighted by Crippen LogP contribution is 2.25. The molecule has 0 fully saturated rings. The molecule has 4 rings (SSSR count). The third-order valence-electron chi connectivity index (χ3n) is 5.19. The van der Waals surface area contributed by atoms with Gasteiger partial charge in [-0.15, -0.1) is 0 Å². The van der Waals surface area contributed by atoms with E-state index in [1.807, 2.05) is 84.9 Å². The molecule has 0 aromatic heterocycles. The maximum Gasteiger partial charge on any atom is 0.255 e. The molecule has 0 atom stereocenters. The monoisotopic (exact) mass is 437 g/mol. The number of para-hydroxylation sites is 2. The van der Waals surface area contributed by atoms with Gasteiger partial charge in [-0.3, -0.25) is 4.79 Å². The summed E-state index contributed by atoms with van der Waals surface area (Å²) in [4.78, 5) is 12.9. The van der Waals surface area contributed by atoms with E-state index in [1.165, 1.54) is 5.56 Å².